The summed E-state index contributed by atoms with van der Waals surface area (Å²) in [5.41, 5.74) is 1.86. The van der Waals surface area contributed by atoms with Crippen molar-refractivity contribution >= 4 is 17.0 Å². The first kappa shape index (κ1) is 21.0. The van der Waals surface area contributed by atoms with Crippen LogP contribution in [-0.2, 0) is 13.6 Å². The average Bonchev–Trinajstić information content (AvgIpc) is 2.87. The Bertz CT molecular complexity index is 1390. The van der Waals surface area contributed by atoms with Gasteiger partial charge in [0.25, 0.3) is 11.1 Å². The minimum absolute atomic E-state index is 0.0931. The normalized spacial score (nSPS) is 14.6. The highest BCUT2D eigenvalue weighted by molar-refractivity contribution is 5.74. The van der Waals surface area contributed by atoms with Gasteiger partial charge in [-0.15, -0.1) is 0 Å². The zero-order chi connectivity index (χ0) is 22.8. The molecule has 5 rings (SSSR count). The first-order valence-electron chi connectivity index (χ1n) is 10.9. The quantitative estimate of drug-likeness (QED) is 0.445. The van der Waals surface area contributed by atoms with Gasteiger partial charge in [0.15, 0.2) is 5.65 Å². The number of nitrogens with zero attached hydrogens (tertiary/aromatic N) is 8. The van der Waals surface area contributed by atoms with Crippen molar-refractivity contribution in [2.24, 2.45) is 7.05 Å². The SMILES string of the molecule is Cn1c(N2CCN(CCn3nc(-c4cccnc4)ccc3=O)CC2)nc2ncccc2c1=O. The van der Waals surface area contributed by atoms with E-state index in [4.69, 9.17) is 0 Å². The fraction of sp³-hybridized carbons (Fsp3) is 0.304. The highest BCUT2D eigenvalue weighted by Crippen LogP contribution is 2.15. The summed E-state index contributed by atoms with van der Waals surface area (Å²) in [4.78, 5) is 42.4. The Labute approximate surface area is 189 Å². The molecular weight excluding hydrogens is 420 g/mol. The van der Waals surface area contributed by atoms with E-state index in [-0.39, 0.29) is 11.1 Å². The lowest BCUT2D eigenvalue weighted by Gasteiger charge is -2.35. The predicted octanol–water partition coefficient (Wildman–Crippen LogP) is 0.769. The Morgan fingerprint density at radius 1 is 0.939 bits per heavy atom. The Morgan fingerprint density at radius 3 is 2.55 bits per heavy atom. The van der Waals surface area contributed by atoms with Crippen LogP contribution >= 0.6 is 0 Å². The number of hydrogen-bond acceptors (Lipinski definition) is 8. The molecule has 33 heavy (non-hydrogen) atoms. The minimum atomic E-state index is -0.121. The van der Waals surface area contributed by atoms with Crippen molar-refractivity contribution < 1.29 is 0 Å². The third-order valence-corrected chi connectivity index (χ3v) is 5.93. The summed E-state index contributed by atoms with van der Waals surface area (Å²) < 4.78 is 3.10. The molecule has 0 aliphatic carbocycles. The zero-order valence-corrected chi connectivity index (χ0v) is 18.3. The second-order valence-electron chi connectivity index (χ2n) is 8.00. The van der Waals surface area contributed by atoms with Crippen molar-refractivity contribution in [1.29, 1.82) is 0 Å². The molecule has 10 nitrogen and oxygen atoms in total. The Morgan fingerprint density at radius 2 is 1.76 bits per heavy atom. The van der Waals surface area contributed by atoms with Crippen molar-refractivity contribution in [3.63, 3.8) is 0 Å². The molecule has 4 aromatic heterocycles. The van der Waals surface area contributed by atoms with Crippen LogP contribution in [0.3, 0.4) is 0 Å². The van der Waals surface area contributed by atoms with E-state index < -0.39 is 0 Å². The van der Waals surface area contributed by atoms with Crippen LogP contribution in [0.2, 0.25) is 0 Å². The number of aromatic nitrogens is 6. The number of piperazine rings is 1. The predicted molar refractivity (Wildman–Crippen MR) is 125 cm³/mol. The maximum Gasteiger partial charge on any atom is 0.266 e. The van der Waals surface area contributed by atoms with Gasteiger partial charge in [0.05, 0.1) is 17.6 Å². The van der Waals surface area contributed by atoms with E-state index in [2.05, 4.69) is 29.9 Å². The van der Waals surface area contributed by atoms with E-state index in [1.165, 1.54) is 4.68 Å². The van der Waals surface area contributed by atoms with Gasteiger partial charge in [-0.3, -0.25) is 24.0 Å². The first-order chi connectivity index (χ1) is 16.1. The number of pyridine rings is 2. The molecule has 1 aliphatic rings. The third kappa shape index (κ3) is 4.24. The minimum Gasteiger partial charge on any atom is -0.340 e. The lowest BCUT2D eigenvalue weighted by atomic mass is 10.2. The fourth-order valence-corrected chi connectivity index (χ4v) is 4.06. The molecule has 1 aliphatic heterocycles. The van der Waals surface area contributed by atoms with Crippen LogP contribution < -0.4 is 16.0 Å². The molecule has 1 saturated heterocycles. The zero-order valence-electron chi connectivity index (χ0n) is 18.3. The molecule has 0 N–H and O–H groups in total. The van der Waals surface area contributed by atoms with E-state index in [0.29, 0.717) is 30.1 Å². The molecule has 10 heteroatoms. The average molecular weight is 444 g/mol. The van der Waals surface area contributed by atoms with Crippen molar-refractivity contribution in [1.82, 2.24) is 34.2 Å². The summed E-state index contributed by atoms with van der Waals surface area (Å²) >= 11 is 0. The smallest absolute Gasteiger partial charge is 0.266 e. The second kappa shape index (κ2) is 8.91. The van der Waals surface area contributed by atoms with Gasteiger partial charge in [0.1, 0.15) is 0 Å². The molecule has 4 aromatic rings. The third-order valence-electron chi connectivity index (χ3n) is 5.93. The van der Waals surface area contributed by atoms with Crippen LogP contribution in [0.15, 0.2) is 64.6 Å². The molecular formula is C23H24N8O2. The summed E-state index contributed by atoms with van der Waals surface area (Å²) in [7, 11) is 1.75. The summed E-state index contributed by atoms with van der Waals surface area (Å²) in [5.74, 6) is 0.632. The van der Waals surface area contributed by atoms with Crippen LogP contribution in [0, 0.1) is 0 Å². The van der Waals surface area contributed by atoms with Crippen molar-refractivity contribution in [3.8, 4) is 11.3 Å². The topological polar surface area (TPSA) is 102 Å². The van der Waals surface area contributed by atoms with Gasteiger partial charge >= 0.3 is 0 Å². The molecule has 0 aromatic carbocycles. The summed E-state index contributed by atoms with van der Waals surface area (Å²) in [6, 6.07) is 10.5. The molecule has 0 radical (unpaired) electrons. The molecule has 168 valence electrons. The van der Waals surface area contributed by atoms with Crippen LogP contribution in [0.4, 0.5) is 5.95 Å². The molecule has 0 bridgehead atoms. The van der Waals surface area contributed by atoms with Crippen LogP contribution in [0.1, 0.15) is 0 Å². The van der Waals surface area contributed by atoms with Gasteiger partial charge in [-0.05, 0) is 30.3 Å². The molecule has 1 fully saturated rings. The lowest BCUT2D eigenvalue weighted by Crippen LogP contribution is -2.49. The summed E-state index contributed by atoms with van der Waals surface area (Å²) in [5, 5.41) is 5.03. The number of rotatable bonds is 5. The van der Waals surface area contributed by atoms with Crippen LogP contribution in [-0.4, -0.2) is 66.9 Å². The van der Waals surface area contributed by atoms with Crippen LogP contribution in [0.5, 0.6) is 0 Å². The largest absolute Gasteiger partial charge is 0.340 e. The monoisotopic (exact) mass is 444 g/mol. The molecule has 5 heterocycles. The Hall–Kier alpha value is -3.92. The molecule has 0 saturated carbocycles. The second-order valence-corrected chi connectivity index (χ2v) is 8.00. The molecule has 0 spiro atoms. The van der Waals surface area contributed by atoms with E-state index in [9.17, 15) is 9.59 Å². The summed E-state index contributed by atoms with van der Waals surface area (Å²) in [6.07, 6.45) is 5.09. The van der Waals surface area contributed by atoms with Gasteiger partial charge in [-0.2, -0.15) is 10.1 Å². The molecule has 0 amide bonds. The fourth-order valence-electron chi connectivity index (χ4n) is 4.06. The van der Waals surface area contributed by atoms with Crippen molar-refractivity contribution in [2.45, 2.75) is 6.54 Å². The standard InChI is InChI=1S/C23H24N8O2/c1-28-22(33)18-5-3-9-25-21(18)26-23(28)30-13-10-29(11-14-30)12-15-31-20(32)7-6-19(27-31)17-4-2-8-24-16-17/h2-9,16H,10-15H2,1H3. The van der Waals surface area contributed by atoms with Crippen molar-refractivity contribution in [3.05, 3.63) is 75.7 Å². The number of hydrogen-bond donors (Lipinski definition) is 0. The number of anilines is 1. The van der Waals surface area contributed by atoms with Gasteiger partial charge in [-0.1, -0.05) is 0 Å². The van der Waals surface area contributed by atoms with E-state index in [1.807, 2.05) is 12.1 Å². The first-order valence-corrected chi connectivity index (χ1v) is 10.9. The summed E-state index contributed by atoms with van der Waals surface area (Å²) in [6.45, 7) is 4.28. The van der Waals surface area contributed by atoms with Gasteiger partial charge < -0.3 is 4.90 Å². The maximum atomic E-state index is 12.7. The van der Waals surface area contributed by atoms with E-state index >= 15 is 0 Å². The molecule has 0 unspecified atom stereocenters. The number of fused-ring (bicyclic) bond motifs is 1. The maximum absolute atomic E-state index is 12.7. The highest BCUT2D eigenvalue weighted by Gasteiger charge is 2.21. The van der Waals surface area contributed by atoms with Gasteiger partial charge in [-0.25, -0.2) is 9.67 Å². The Balaban J connectivity index is 1.25. The Kier molecular flexibility index (Phi) is 5.66. The highest BCUT2D eigenvalue weighted by atomic mass is 16.1. The van der Waals surface area contributed by atoms with Gasteiger partial charge in [0, 0.05) is 70.0 Å². The van der Waals surface area contributed by atoms with Crippen LogP contribution in [0.25, 0.3) is 22.3 Å². The van der Waals surface area contributed by atoms with Gasteiger partial charge in [0.2, 0.25) is 5.95 Å². The van der Waals surface area contributed by atoms with Crippen molar-refractivity contribution in [2.75, 3.05) is 37.6 Å². The van der Waals surface area contributed by atoms with E-state index in [0.717, 1.165) is 37.4 Å². The molecule has 0 atom stereocenters. The lowest BCUT2D eigenvalue weighted by molar-refractivity contribution is 0.241. The van der Waals surface area contributed by atoms with E-state index in [1.54, 1.807) is 54.5 Å².